The topological polar surface area (TPSA) is 44.5 Å². The minimum Gasteiger partial charge on any atom is -0.490 e. The highest BCUT2D eigenvalue weighted by Gasteiger charge is 2.22. The summed E-state index contributed by atoms with van der Waals surface area (Å²) in [4.78, 5) is 4.57. The maximum absolute atomic E-state index is 6.03. The van der Waals surface area contributed by atoms with Crippen molar-refractivity contribution in [2.45, 2.75) is 25.9 Å². The minimum absolute atomic E-state index is 0.232. The molecule has 1 atom stereocenters. The van der Waals surface area contributed by atoms with Gasteiger partial charge in [0.25, 0.3) is 0 Å². The van der Waals surface area contributed by atoms with E-state index < -0.39 is 0 Å². The van der Waals surface area contributed by atoms with Gasteiger partial charge in [0.2, 0.25) is 0 Å². The van der Waals surface area contributed by atoms with Crippen LogP contribution in [-0.2, 0) is 17.7 Å². The molecular weight excluding hydrogens is 214 g/mol. The average Bonchev–Trinajstić information content (AvgIpc) is 2.54. The Bertz CT molecular complexity index is 368. The highest BCUT2D eigenvalue weighted by atomic mass is 35.5. The Morgan fingerprint density at radius 2 is 2.40 bits per heavy atom. The van der Waals surface area contributed by atoms with Crippen molar-refractivity contribution in [3.63, 3.8) is 0 Å². The third kappa shape index (κ3) is 2.25. The largest absolute Gasteiger partial charge is 0.490 e. The molecule has 1 aromatic rings. The predicted octanol–water partition coefficient (Wildman–Crippen LogP) is 2.10. The highest BCUT2D eigenvalue weighted by Crippen LogP contribution is 2.35. The first-order chi connectivity index (χ1) is 7.20. The summed E-state index contributed by atoms with van der Waals surface area (Å²) in [6.07, 6.45) is 1.88. The van der Waals surface area contributed by atoms with Crippen molar-refractivity contribution in [3.05, 3.63) is 28.3 Å². The van der Waals surface area contributed by atoms with Crippen LogP contribution in [0.25, 0.3) is 0 Å². The van der Waals surface area contributed by atoms with Crippen molar-refractivity contribution in [2.24, 2.45) is 5.90 Å². The van der Waals surface area contributed by atoms with Crippen molar-refractivity contribution in [2.75, 3.05) is 6.61 Å². The van der Waals surface area contributed by atoms with Crippen molar-refractivity contribution < 1.29 is 9.57 Å². The van der Waals surface area contributed by atoms with Gasteiger partial charge in [0.15, 0.2) is 0 Å². The standard InChI is InChI=1S/C11H14ClNO2/c1-7-4-9-6-10(12)5-8(2-3-14-13)11(9)15-7/h5-7H,2-4,13H2,1H3. The summed E-state index contributed by atoms with van der Waals surface area (Å²) in [7, 11) is 0. The van der Waals surface area contributed by atoms with E-state index in [1.54, 1.807) is 0 Å². The van der Waals surface area contributed by atoms with Crippen LogP contribution in [0.1, 0.15) is 18.1 Å². The average molecular weight is 228 g/mol. The zero-order valence-electron chi connectivity index (χ0n) is 8.63. The first-order valence-corrected chi connectivity index (χ1v) is 5.38. The number of rotatable bonds is 3. The van der Waals surface area contributed by atoms with Gasteiger partial charge in [-0.05, 0) is 30.2 Å². The smallest absolute Gasteiger partial charge is 0.126 e. The SMILES string of the molecule is CC1Cc2cc(Cl)cc(CCON)c2O1. The summed E-state index contributed by atoms with van der Waals surface area (Å²) in [6, 6.07) is 3.88. The summed E-state index contributed by atoms with van der Waals surface area (Å²) in [6.45, 7) is 2.53. The molecule has 4 heteroatoms. The van der Waals surface area contributed by atoms with Gasteiger partial charge in [-0.2, -0.15) is 0 Å². The lowest BCUT2D eigenvalue weighted by Crippen LogP contribution is -2.07. The van der Waals surface area contributed by atoms with Gasteiger partial charge in [0, 0.05) is 17.9 Å². The van der Waals surface area contributed by atoms with Crippen LogP contribution in [0, 0.1) is 0 Å². The summed E-state index contributed by atoms with van der Waals surface area (Å²) in [5, 5.41) is 0.749. The first kappa shape index (κ1) is 10.7. The Hall–Kier alpha value is -0.770. The second-order valence-electron chi connectivity index (χ2n) is 3.81. The van der Waals surface area contributed by atoms with Crippen molar-refractivity contribution in [1.29, 1.82) is 0 Å². The number of nitrogens with two attached hydrogens (primary N) is 1. The van der Waals surface area contributed by atoms with Gasteiger partial charge in [0.1, 0.15) is 11.9 Å². The lowest BCUT2D eigenvalue weighted by atomic mass is 10.0. The molecular formula is C11H14ClNO2. The van der Waals surface area contributed by atoms with Crippen LogP contribution >= 0.6 is 11.6 Å². The molecule has 2 rings (SSSR count). The van der Waals surface area contributed by atoms with Crippen LogP contribution in [-0.4, -0.2) is 12.7 Å². The van der Waals surface area contributed by atoms with E-state index in [9.17, 15) is 0 Å². The molecule has 0 amide bonds. The lowest BCUT2D eigenvalue weighted by molar-refractivity contribution is 0.140. The molecule has 0 saturated carbocycles. The minimum atomic E-state index is 0.232. The van der Waals surface area contributed by atoms with Crippen molar-refractivity contribution in [1.82, 2.24) is 0 Å². The van der Waals surface area contributed by atoms with E-state index in [1.165, 1.54) is 5.56 Å². The van der Waals surface area contributed by atoms with Gasteiger partial charge in [-0.25, -0.2) is 5.90 Å². The predicted molar refractivity (Wildman–Crippen MR) is 59.1 cm³/mol. The van der Waals surface area contributed by atoms with Crippen LogP contribution in [0.5, 0.6) is 5.75 Å². The first-order valence-electron chi connectivity index (χ1n) is 5.00. The molecule has 0 saturated heterocycles. The molecule has 15 heavy (non-hydrogen) atoms. The molecule has 82 valence electrons. The van der Waals surface area contributed by atoms with E-state index in [0.717, 1.165) is 29.2 Å². The normalized spacial score (nSPS) is 18.7. The maximum atomic E-state index is 6.03. The monoisotopic (exact) mass is 227 g/mol. The van der Waals surface area contributed by atoms with Gasteiger partial charge in [-0.3, -0.25) is 0 Å². The fourth-order valence-electron chi connectivity index (χ4n) is 1.92. The van der Waals surface area contributed by atoms with Gasteiger partial charge in [-0.15, -0.1) is 0 Å². The number of hydrogen-bond acceptors (Lipinski definition) is 3. The molecule has 0 spiro atoms. The van der Waals surface area contributed by atoms with E-state index in [0.29, 0.717) is 6.61 Å². The van der Waals surface area contributed by atoms with Crippen LogP contribution in [0.2, 0.25) is 5.02 Å². The lowest BCUT2D eigenvalue weighted by Gasteiger charge is -2.09. The highest BCUT2D eigenvalue weighted by molar-refractivity contribution is 6.30. The summed E-state index contributed by atoms with van der Waals surface area (Å²) in [5.74, 6) is 5.98. The number of benzene rings is 1. The van der Waals surface area contributed by atoms with Crippen molar-refractivity contribution in [3.8, 4) is 5.75 Å². The molecule has 1 aliphatic rings. The van der Waals surface area contributed by atoms with Gasteiger partial charge in [0.05, 0.1) is 6.61 Å². The Labute approximate surface area is 94.1 Å². The number of halogens is 1. The fraction of sp³-hybridized carbons (Fsp3) is 0.455. The van der Waals surface area contributed by atoms with Crippen LogP contribution in [0.15, 0.2) is 12.1 Å². The molecule has 0 aromatic heterocycles. The van der Waals surface area contributed by atoms with Gasteiger partial charge in [-0.1, -0.05) is 11.6 Å². The Morgan fingerprint density at radius 1 is 1.60 bits per heavy atom. The van der Waals surface area contributed by atoms with Crippen LogP contribution < -0.4 is 10.6 Å². The third-order valence-electron chi connectivity index (χ3n) is 2.52. The van der Waals surface area contributed by atoms with Crippen LogP contribution in [0.3, 0.4) is 0 Å². The molecule has 1 aliphatic heterocycles. The quantitative estimate of drug-likeness (QED) is 0.805. The fourth-order valence-corrected chi connectivity index (χ4v) is 2.19. The van der Waals surface area contributed by atoms with E-state index in [4.69, 9.17) is 22.2 Å². The maximum Gasteiger partial charge on any atom is 0.126 e. The third-order valence-corrected chi connectivity index (χ3v) is 2.74. The molecule has 0 radical (unpaired) electrons. The summed E-state index contributed by atoms with van der Waals surface area (Å²) < 4.78 is 5.73. The van der Waals surface area contributed by atoms with Gasteiger partial charge >= 0.3 is 0 Å². The zero-order valence-corrected chi connectivity index (χ0v) is 9.38. The van der Waals surface area contributed by atoms with Crippen molar-refractivity contribution >= 4 is 11.6 Å². The number of fused-ring (bicyclic) bond motifs is 1. The number of hydrogen-bond donors (Lipinski definition) is 1. The van der Waals surface area contributed by atoms with Gasteiger partial charge < -0.3 is 9.57 Å². The molecule has 0 bridgehead atoms. The zero-order chi connectivity index (χ0) is 10.8. The summed E-state index contributed by atoms with van der Waals surface area (Å²) in [5.41, 5.74) is 2.26. The second-order valence-corrected chi connectivity index (χ2v) is 4.24. The molecule has 0 fully saturated rings. The Morgan fingerprint density at radius 3 is 3.13 bits per heavy atom. The number of ether oxygens (including phenoxy) is 1. The second kappa shape index (κ2) is 4.39. The molecule has 1 aromatic carbocycles. The van der Waals surface area contributed by atoms with E-state index >= 15 is 0 Å². The molecule has 0 aliphatic carbocycles. The Balaban J connectivity index is 2.30. The van der Waals surface area contributed by atoms with E-state index in [-0.39, 0.29) is 6.10 Å². The molecule has 2 N–H and O–H groups in total. The van der Waals surface area contributed by atoms with Crippen LogP contribution in [0.4, 0.5) is 0 Å². The molecule has 1 unspecified atom stereocenters. The molecule has 3 nitrogen and oxygen atoms in total. The van der Waals surface area contributed by atoms with E-state index in [2.05, 4.69) is 11.8 Å². The summed E-state index contributed by atoms with van der Waals surface area (Å²) >= 11 is 6.03. The molecule has 1 heterocycles. The Kier molecular flexibility index (Phi) is 3.14. The van der Waals surface area contributed by atoms with E-state index in [1.807, 2.05) is 12.1 Å².